The molecule has 1 N–H and O–H groups in total. The Morgan fingerprint density at radius 2 is 2.00 bits per heavy atom. The standard InChI is InChI=1S/C19H25NO/c1-12-6-7-16(10-13(12)2)20-17(21)19-9-8-15(11-19)18(4,5)14(19)3/h6-7,10,15H,3,8-9,11H2,1-2,4-5H3,(H,20,21). The van der Waals surface area contributed by atoms with Crippen LogP contribution >= 0.6 is 0 Å². The fourth-order valence-electron chi connectivity index (χ4n) is 4.21. The molecule has 2 saturated carbocycles. The van der Waals surface area contributed by atoms with Crippen LogP contribution in [0.25, 0.3) is 0 Å². The van der Waals surface area contributed by atoms with Crippen LogP contribution in [0.1, 0.15) is 44.2 Å². The van der Waals surface area contributed by atoms with Crippen LogP contribution in [0.2, 0.25) is 0 Å². The number of nitrogens with one attached hydrogen (secondary N) is 1. The molecule has 21 heavy (non-hydrogen) atoms. The summed E-state index contributed by atoms with van der Waals surface area (Å²) in [4.78, 5) is 12.9. The topological polar surface area (TPSA) is 29.1 Å². The minimum absolute atomic E-state index is 0.0960. The van der Waals surface area contributed by atoms with Crippen LogP contribution in [-0.4, -0.2) is 5.91 Å². The molecule has 2 aliphatic carbocycles. The molecule has 0 aromatic heterocycles. The van der Waals surface area contributed by atoms with Crippen molar-refractivity contribution in [3.05, 3.63) is 41.5 Å². The lowest BCUT2D eigenvalue weighted by Gasteiger charge is -2.37. The average Bonchev–Trinajstić information content (AvgIpc) is 2.95. The van der Waals surface area contributed by atoms with Crippen LogP contribution in [-0.2, 0) is 4.79 Å². The van der Waals surface area contributed by atoms with Gasteiger partial charge in [-0.05, 0) is 67.7 Å². The maximum atomic E-state index is 12.9. The Labute approximate surface area is 127 Å². The number of hydrogen-bond acceptors (Lipinski definition) is 1. The number of anilines is 1. The summed E-state index contributed by atoms with van der Waals surface area (Å²) in [7, 11) is 0. The van der Waals surface area contributed by atoms with E-state index in [-0.39, 0.29) is 16.7 Å². The van der Waals surface area contributed by atoms with Gasteiger partial charge in [-0.1, -0.05) is 32.1 Å². The highest BCUT2D eigenvalue weighted by Gasteiger charge is 2.60. The van der Waals surface area contributed by atoms with Gasteiger partial charge in [0.15, 0.2) is 0 Å². The summed E-state index contributed by atoms with van der Waals surface area (Å²) in [6.45, 7) is 12.9. The van der Waals surface area contributed by atoms with Gasteiger partial charge < -0.3 is 5.32 Å². The van der Waals surface area contributed by atoms with E-state index in [1.54, 1.807) is 0 Å². The van der Waals surface area contributed by atoms with Crippen molar-refractivity contribution in [2.24, 2.45) is 16.7 Å². The molecule has 2 heteroatoms. The van der Waals surface area contributed by atoms with Crippen LogP contribution < -0.4 is 5.32 Å². The summed E-state index contributed by atoms with van der Waals surface area (Å²) in [5.74, 6) is 0.749. The van der Waals surface area contributed by atoms with Crippen LogP contribution in [0.4, 0.5) is 5.69 Å². The zero-order valence-electron chi connectivity index (χ0n) is 13.5. The molecule has 2 nitrogen and oxygen atoms in total. The lowest BCUT2D eigenvalue weighted by Crippen LogP contribution is -2.37. The molecule has 2 bridgehead atoms. The van der Waals surface area contributed by atoms with Gasteiger partial charge in [-0.25, -0.2) is 0 Å². The Hall–Kier alpha value is -1.57. The number of rotatable bonds is 2. The SMILES string of the molecule is C=C1C2(C(=O)Nc3ccc(C)c(C)c3)CCC(C2)C1(C)C. The number of carbonyl (C=O) groups is 1. The zero-order chi connectivity index (χ0) is 15.4. The van der Waals surface area contributed by atoms with E-state index in [4.69, 9.17) is 0 Å². The van der Waals surface area contributed by atoms with Gasteiger partial charge in [-0.3, -0.25) is 4.79 Å². The molecule has 2 unspecified atom stereocenters. The summed E-state index contributed by atoms with van der Waals surface area (Å²) in [6.07, 6.45) is 3.07. The number of fused-ring (bicyclic) bond motifs is 2. The van der Waals surface area contributed by atoms with Gasteiger partial charge in [0.05, 0.1) is 5.41 Å². The molecule has 2 aliphatic rings. The third-order valence-electron chi connectivity index (χ3n) is 6.09. The highest BCUT2D eigenvalue weighted by atomic mass is 16.2. The maximum Gasteiger partial charge on any atom is 0.234 e. The summed E-state index contributed by atoms with van der Waals surface area (Å²) in [5.41, 5.74) is 4.25. The minimum atomic E-state index is -0.340. The van der Waals surface area contributed by atoms with Crippen molar-refractivity contribution < 1.29 is 4.79 Å². The molecule has 0 radical (unpaired) electrons. The number of amides is 1. The van der Waals surface area contributed by atoms with E-state index in [0.717, 1.165) is 30.5 Å². The van der Waals surface area contributed by atoms with E-state index in [1.807, 2.05) is 6.07 Å². The van der Waals surface area contributed by atoms with Crippen LogP contribution in [0.15, 0.2) is 30.4 Å². The second kappa shape index (κ2) is 4.46. The molecule has 0 heterocycles. The molecule has 1 aromatic carbocycles. The lowest BCUT2D eigenvalue weighted by atomic mass is 9.68. The monoisotopic (exact) mass is 283 g/mol. The van der Waals surface area contributed by atoms with Crippen LogP contribution in [0.5, 0.6) is 0 Å². The van der Waals surface area contributed by atoms with Crippen LogP contribution in [0, 0.1) is 30.6 Å². The Morgan fingerprint density at radius 1 is 1.29 bits per heavy atom. The number of aryl methyl sites for hydroxylation is 2. The Morgan fingerprint density at radius 3 is 2.57 bits per heavy atom. The molecular formula is C19H25NO. The Balaban J connectivity index is 1.86. The summed E-state index contributed by atoms with van der Waals surface area (Å²) in [6, 6.07) is 6.11. The lowest BCUT2D eigenvalue weighted by molar-refractivity contribution is -0.123. The Kier molecular flexibility index (Phi) is 3.05. The van der Waals surface area contributed by atoms with Crippen molar-refractivity contribution >= 4 is 11.6 Å². The predicted molar refractivity (Wildman–Crippen MR) is 87.2 cm³/mol. The molecule has 112 valence electrons. The number of carbonyl (C=O) groups excluding carboxylic acids is 1. The average molecular weight is 283 g/mol. The van der Waals surface area contributed by atoms with E-state index in [9.17, 15) is 4.79 Å². The second-order valence-electron chi connectivity index (χ2n) is 7.48. The van der Waals surface area contributed by atoms with Gasteiger partial charge >= 0.3 is 0 Å². The van der Waals surface area contributed by atoms with Gasteiger partial charge in [0.2, 0.25) is 5.91 Å². The summed E-state index contributed by atoms with van der Waals surface area (Å²) in [5, 5.41) is 3.14. The van der Waals surface area contributed by atoms with Crippen molar-refractivity contribution in [2.45, 2.75) is 47.0 Å². The first-order valence-electron chi connectivity index (χ1n) is 7.86. The quantitative estimate of drug-likeness (QED) is 0.788. The van der Waals surface area contributed by atoms with E-state index in [1.165, 1.54) is 11.1 Å². The summed E-state index contributed by atoms with van der Waals surface area (Å²) >= 11 is 0. The molecular weight excluding hydrogens is 258 g/mol. The van der Waals surface area contributed by atoms with Gasteiger partial charge in [0, 0.05) is 5.69 Å². The first kappa shape index (κ1) is 14.4. The minimum Gasteiger partial charge on any atom is -0.325 e. The fourth-order valence-corrected chi connectivity index (χ4v) is 4.21. The highest BCUT2D eigenvalue weighted by Crippen LogP contribution is 2.65. The molecule has 1 aromatic rings. The highest BCUT2D eigenvalue weighted by molar-refractivity contribution is 5.98. The number of hydrogen-bond donors (Lipinski definition) is 1. The van der Waals surface area contributed by atoms with E-state index in [0.29, 0.717) is 5.92 Å². The van der Waals surface area contributed by atoms with Crippen molar-refractivity contribution in [3.63, 3.8) is 0 Å². The van der Waals surface area contributed by atoms with Gasteiger partial charge in [-0.15, -0.1) is 0 Å². The number of benzene rings is 1. The van der Waals surface area contributed by atoms with E-state index in [2.05, 4.69) is 51.7 Å². The predicted octanol–water partition coefficient (Wildman–Crippen LogP) is 4.62. The van der Waals surface area contributed by atoms with Crippen LogP contribution in [0.3, 0.4) is 0 Å². The first-order valence-corrected chi connectivity index (χ1v) is 7.86. The van der Waals surface area contributed by atoms with Crippen molar-refractivity contribution in [3.8, 4) is 0 Å². The third-order valence-corrected chi connectivity index (χ3v) is 6.09. The first-order chi connectivity index (χ1) is 9.77. The van der Waals surface area contributed by atoms with Crippen molar-refractivity contribution in [1.82, 2.24) is 0 Å². The van der Waals surface area contributed by atoms with Crippen molar-refractivity contribution in [1.29, 1.82) is 0 Å². The Bertz CT molecular complexity index is 628. The van der Waals surface area contributed by atoms with E-state index >= 15 is 0 Å². The molecule has 3 rings (SSSR count). The molecule has 0 saturated heterocycles. The maximum absolute atomic E-state index is 12.9. The fraction of sp³-hybridized carbons (Fsp3) is 0.526. The largest absolute Gasteiger partial charge is 0.325 e. The molecule has 0 aliphatic heterocycles. The van der Waals surface area contributed by atoms with Gasteiger partial charge in [-0.2, -0.15) is 0 Å². The molecule has 0 spiro atoms. The van der Waals surface area contributed by atoms with Gasteiger partial charge in [0.25, 0.3) is 0 Å². The second-order valence-corrected chi connectivity index (χ2v) is 7.48. The molecule has 2 fully saturated rings. The normalized spacial score (nSPS) is 29.7. The third kappa shape index (κ3) is 1.96. The smallest absolute Gasteiger partial charge is 0.234 e. The molecule has 1 amide bonds. The van der Waals surface area contributed by atoms with Crippen molar-refractivity contribution in [2.75, 3.05) is 5.32 Å². The zero-order valence-corrected chi connectivity index (χ0v) is 13.5. The van der Waals surface area contributed by atoms with E-state index < -0.39 is 0 Å². The molecule has 2 atom stereocenters. The van der Waals surface area contributed by atoms with Gasteiger partial charge in [0.1, 0.15) is 0 Å². The summed E-state index contributed by atoms with van der Waals surface area (Å²) < 4.78 is 0.